The lowest BCUT2D eigenvalue weighted by Crippen LogP contribution is -2.33. The van der Waals surface area contributed by atoms with Gasteiger partial charge in [-0.05, 0) is 12.8 Å². The molecule has 2 rings (SSSR count). The number of rotatable bonds is 4. The molecule has 0 spiro atoms. The van der Waals surface area contributed by atoms with Crippen molar-refractivity contribution in [1.29, 1.82) is 0 Å². The maximum atomic E-state index is 4.52. The van der Waals surface area contributed by atoms with E-state index in [2.05, 4.69) is 29.6 Å². The van der Waals surface area contributed by atoms with Crippen molar-refractivity contribution in [2.24, 2.45) is 7.05 Å². The molecule has 0 amide bonds. The summed E-state index contributed by atoms with van der Waals surface area (Å²) in [5, 5.41) is 11.6. The molecule has 16 heavy (non-hydrogen) atoms. The van der Waals surface area contributed by atoms with Crippen molar-refractivity contribution in [3.63, 3.8) is 0 Å². The summed E-state index contributed by atoms with van der Waals surface area (Å²) < 4.78 is 1.96. The summed E-state index contributed by atoms with van der Waals surface area (Å²) in [6.07, 6.45) is 4.76. The Morgan fingerprint density at radius 2 is 2.25 bits per heavy atom. The fourth-order valence-corrected chi connectivity index (χ4v) is 2.27. The molecular weight excluding hydrogens is 200 g/mol. The second-order valence-electron chi connectivity index (χ2n) is 4.51. The number of hydrogen-bond acceptors (Lipinski definition) is 3. The molecule has 0 saturated heterocycles. The van der Waals surface area contributed by atoms with Crippen molar-refractivity contribution in [1.82, 2.24) is 9.78 Å². The summed E-state index contributed by atoms with van der Waals surface area (Å²) in [6.45, 7) is 5.40. The van der Waals surface area contributed by atoms with Crippen LogP contribution in [-0.2, 0) is 13.5 Å². The minimum absolute atomic E-state index is 0.549. The molecule has 1 aliphatic rings. The number of fused-ring (bicyclic) bond motifs is 1. The van der Waals surface area contributed by atoms with Crippen LogP contribution in [0, 0.1) is 0 Å². The van der Waals surface area contributed by atoms with E-state index in [0.717, 1.165) is 18.8 Å². The second kappa shape index (κ2) is 4.76. The van der Waals surface area contributed by atoms with Crippen LogP contribution in [0.5, 0.6) is 0 Å². The van der Waals surface area contributed by atoms with Gasteiger partial charge in [-0.25, -0.2) is 0 Å². The number of nitrogens with zero attached hydrogens (tertiary/aromatic N) is 2. The van der Waals surface area contributed by atoms with Crippen LogP contribution in [0.1, 0.15) is 38.8 Å². The van der Waals surface area contributed by atoms with Gasteiger partial charge in [0.05, 0.1) is 5.69 Å². The van der Waals surface area contributed by atoms with E-state index in [4.69, 9.17) is 0 Å². The van der Waals surface area contributed by atoms with Crippen LogP contribution in [-0.4, -0.2) is 22.4 Å². The Labute approximate surface area is 97.4 Å². The molecule has 0 bridgehead atoms. The van der Waals surface area contributed by atoms with Crippen molar-refractivity contribution < 1.29 is 0 Å². The van der Waals surface area contributed by atoms with Gasteiger partial charge in [0, 0.05) is 19.6 Å². The molecular formula is C12H22N4. The van der Waals surface area contributed by atoms with E-state index in [1.807, 2.05) is 11.7 Å². The van der Waals surface area contributed by atoms with Crippen molar-refractivity contribution in [2.75, 3.05) is 17.2 Å². The van der Waals surface area contributed by atoms with Gasteiger partial charge < -0.3 is 10.6 Å². The highest BCUT2D eigenvalue weighted by Gasteiger charge is 2.22. The Hall–Kier alpha value is -1.19. The Morgan fingerprint density at radius 3 is 2.94 bits per heavy atom. The molecule has 1 aliphatic heterocycles. The largest absolute Gasteiger partial charge is 0.378 e. The lowest BCUT2D eigenvalue weighted by Gasteiger charge is -2.26. The quantitative estimate of drug-likeness (QED) is 0.822. The van der Waals surface area contributed by atoms with Crippen LogP contribution >= 0.6 is 0 Å². The molecule has 0 saturated carbocycles. The van der Waals surface area contributed by atoms with Crippen molar-refractivity contribution in [3.8, 4) is 0 Å². The number of aryl methyl sites for hydroxylation is 2. The highest BCUT2D eigenvalue weighted by molar-refractivity contribution is 5.70. The fraction of sp³-hybridized carbons (Fsp3) is 0.750. The molecule has 2 heterocycles. The first-order valence-electron chi connectivity index (χ1n) is 6.32. The minimum Gasteiger partial charge on any atom is -0.378 e. The van der Waals surface area contributed by atoms with E-state index in [1.54, 1.807) is 0 Å². The molecule has 2 N–H and O–H groups in total. The zero-order chi connectivity index (χ0) is 11.5. The lowest BCUT2D eigenvalue weighted by atomic mass is 10.1. The highest BCUT2D eigenvalue weighted by atomic mass is 15.3. The molecule has 1 aromatic rings. The van der Waals surface area contributed by atoms with Crippen molar-refractivity contribution in [3.05, 3.63) is 5.69 Å². The summed E-state index contributed by atoms with van der Waals surface area (Å²) in [4.78, 5) is 0. The van der Waals surface area contributed by atoms with Crippen molar-refractivity contribution in [2.45, 2.75) is 45.6 Å². The molecule has 0 aliphatic carbocycles. The summed E-state index contributed by atoms with van der Waals surface area (Å²) in [5.74, 6) is 1.16. The molecule has 1 aromatic heterocycles. The van der Waals surface area contributed by atoms with Gasteiger partial charge >= 0.3 is 0 Å². The summed E-state index contributed by atoms with van der Waals surface area (Å²) >= 11 is 0. The van der Waals surface area contributed by atoms with Crippen LogP contribution in [0.15, 0.2) is 0 Å². The maximum absolute atomic E-state index is 4.52. The molecule has 1 unspecified atom stereocenters. The van der Waals surface area contributed by atoms with E-state index in [1.165, 1.54) is 30.6 Å². The number of unbranched alkanes of at least 4 members (excludes halogenated alkanes) is 1. The minimum atomic E-state index is 0.549. The molecule has 4 heteroatoms. The third-order valence-electron chi connectivity index (χ3n) is 3.23. The number of anilines is 2. The fourth-order valence-electron chi connectivity index (χ4n) is 2.27. The van der Waals surface area contributed by atoms with Gasteiger partial charge in [-0.2, -0.15) is 5.10 Å². The Bertz CT molecular complexity index is 356. The van der Waals surface area contributed by atoms with E-state index < -0.39 is 0 Å². The third kappa shape index (κ3) is 2.01. The van der Waals surface area contributed by atoms with Crippen LogP contribution in [0.3, 0.4) is 0 Å². The van der Waals surface area contributed by atoms with Crippen molar-refractivity contribution >= 4 is 11.5 Å². The molecule has 90 valence electrons. The molecule has 0 aromatic carbocycles. The first-order chi connectivity index (χ1) is 7.76. The standard InChI is InChI=1S/C12H22N4/c1-4-6-7-9-8-13-11-10(5-2)15-16(3)12(11)14-9/h9,13-14H,4-8H2,1-3H3. The average Bonchev–Trinajstić information content (AvgIpc) is 2.63. The molecule has 0 fully saturated rings. The van der Waals surface area contributed by atoms with Gasteiger partial charge in [-0.3, -0.25) is 4.68 Å². The number of hydrogen-bond donors (Lipinski definition) is 2. The van der Waals surface area contributed by atoms with E-state index in [9.17, 15) is 0 Å². The second-order valence-corrected chi connectivity index (χ2v) is 4.51. The summed E-state index contributed by atoms with van der Waals surface area (Å²) in [7, 11) is 2.01. The van der Waals surface area contributed by atoms with E-state index >= 15 is 0 Å². The first kappa shape index (κ1) is 11.3. The summed E-state index contributed by atoms with van der Waals surface area (Å²) in [5.41, 5.74) is 2.37. The van der Waals surface area contributed by atoms with Crippen LogP contribution in [0.4, 0.5) is 11.5 Å². The van der Waals surface area contributed by atoms with Gasteiger partial charge in [0.15, 0.2) is 0 Å². The van der Waals surface area contributed by atoms with Gasteiger partial charge in [0.1, 0.15) is 11.5 Å². The van der Waals surface area contributed by atoms with Gasteiger partial charge in [0.2, 0.25) is 0 Å². The lowest BCUT2D eigenvalue weighted by molar-refractivity contribution is 0.610. The SMILES string of the molecule is CCCCC1CNc2c(CC)nn(C)c2N1. The monoisotopic (exact) mass is 222 g/mol. The molecule has 4 nitrogen and oxygen atoms in total. The zero-order valence-electron chi connectivity index (χ0n) is 10.5. The smallest absolute Gasteiger partial charge is 0.148 e. The van der Waals surface area contributed by atoms with Gasteiger partial charge in [0.25, 0.3) is 0 Å². The average molecular weight is 222 g/mol. The normalized spacial score (nSPS) is 18.8. The number of aromatic nitrogens is 2. The molecule has 1 atom stereocenters. The Kier molecular flexibility index (Phi) is 3.36. The maximum Gasteiger partial charge on any atom is 0.148 e. The predicted octanol–water partition coefficient (Wildman–Crippen LogP) is 2.38. The summed E-state index contributed by atoms with van der Waals surface area (Å²) in [6, 6.07) is 0.549. The first-order valence-corrected chi connectivity index (χ1v) is 6.32. The van der Waals surface area contributed by atoms with Gasteiger partial charge in [-0.15, -0.1) is 0 Å². The molecule has 0 radical (unpaired) electrons. The van der Waals surface area contributed by atoms with E-state index in [-0.39, 0.29) is 0 Å². The third-order valence-corrected chi connectivity index (χ3v) is 3.23. The Balaban J connectivity index is 2.11. The van der Waals surface area contributed by atoms with Crippen LogP contribution < -0.4 is 10.6 Å². The zero-order valence-corrected chi connectivity index (χ0v) is 10.5. The van der Waals surface area contributed by atoms with E-state index in [0.29, 0.717) is 6.04 Å². The topological polar surface area (TPSA) is 41.9 Å². The highest BCUT2D eigenvalue weighted by Crippen LogP contribution is 2.30. The number of nitrogens with one attached hydrogen (secondary N) is 2. The van der Waals surface area contributed by atoms with Gasteiger partial charge in [-0.1, -0.05) is 26.7 Å². The Morgan fingerprint density at radius 1 is 1.44 bits per heavy atom. The van der Waals surface area contributed by atoms with Crippen LogP contribution in [0.2, 0.25) is 0 Å². The predicted molar refractivity (Wildman–Crippen MR) is 68.0 cm³/mol. The van der Waals surface area contributed by atoms with Crippen LogP contribution in [0.25, 0.3) is 0 Å².